The van der Waals surface area contributed by atoms with Crippen LogP contribution in [0.3, 0.4) is 0 Å². The lowest BCUT2D eigenvalue weighted by atomic mass is 10.1. The quantitative estimate of drug-likeness (QED) is 0.565. The molecule has 0 saturated heterocycles. The Morgan fingerprint density at radius 2 is 2.06 bits per heavy atom. The van der Waals surface area contributed by atoms with Crippen molar-refractivity contribution in [3.63, 3.8) is 0 Å². The molecule has 0 bridgehead atoms. The smallest absolute Gasteiger partial charge is 0.251 e. The highest BCUT2D eigenvalue weighted by Gasteiger charge is 2.12. The Bertz CT molecular complexity index is 374. The molecule has 1 unspecified atom stereocenters. The molecular weight excluding hydrogens is 210 g/mol. The van der Waals surface area contributed by atoms with Gasteiger partial charge in [0.1, 0.15) is 0 Å². The Morgan fingerprint density at radius 1 is 1.38 bits per heavy atom. The molecule has 4 N–H and O–H groups in total. The van der Waals surface area contributed by atoms with Crippen LogP contribution in [0.2, 0.25) is 0 Å². The second kappa shape index (κ2) is 5.37. The van der Waals surface area contributed by atoms with Crippen LogP contribution >= 0.6 is 0 Å². The highest BCUT2D eigenvalue weighted by Crippen LogP contribution is 2.24. The number of hydrogen-bond donors (Lipinski definition) is 4. The van der Waals surface area contributed by atoms with E-state index in [-0.39, 0.29) is 29.7 Å². The van der Waals surface area contributed by atoms with Crippen molar-refractivity contribution in [3.05, 3.63) is 23.8 Å². The third-order valence-corrected chi connectivity index (χ3v) is 2.29. The number of aliphatic hydroxyl groups excluding tert-OH is 1. The van der Waals surface area contributed by atoms with E-state index >= 15 is 0 Å². The lowest BCUT2D eigenvalue weighted by Gasteiger charge is -2.14. The van der Waals surface area contributed by atoms with Gasteiger partial charge in [-0.1, -0.05) is 6.92 Å². The Labute approximate surface area is 93.4 Å². The van der Waals surface area contributed by atoms with Crippen molar-refractivity contribution >= 4 is 5.91 Å². The van der Waals surface area contributed by atoms with Crippen molar-refractivity contribution in [2.24, 2.45) is 0 Å². The van der Waals surface area contributed by atoms with E-state index in [4.69, 9.17) is 10.2 Å². The summed E-state index contributed by atoms with van der Waals surface area (Å²) in [5.74, 6) is -1.01. The number of amides is 1. The summed E-state index contributed by atoms with van der Waals surface area (Å²) in [6.07, 6.45) is 0.617. The van der Waals surface area contributed by atoms with E-state index in [0.29, 0.717) is 6.42 Å². The molecule has 88 valence electrons. The van der Waals surface area contributed by atoms with Crippen molar-refractivity contribution in [3.8, 4) is 11.5 Å². The first-order chi connectivity index (χ1) is 7.58. The third kappa shape index (κ3) is 2.87. The predicted molar refractivity (Wildman–Crippen MR) is 58.4 cm³/mol. The van der Waals surface area contributed by atoms with Gasteiger partial charge in [-0.2, -0.15) is 0 Å². The highest BCUT2D eigenvalue weighted by atomic mass is 16.3. The monoisotopic (exact) mass is 225 g/mol. The molecular formula is C11H15NO4. The number of benzene rings is 1. The Hall–Kier alpha value is -1.75. The largest absolute Gasteiger partial charge is 0.504 e. The van der Waals surface area contributed by atoms with Gasteiger partial charge in [0.05, 0.1) is 12.6 Å². The van der Waals surface area contributed by atoms with Gasteiger partial charge in [-0.15, -0.1) is 0 Å². The van der Waals surface area contributed by atoms with E-state index < -0.39 is 5.91 Å². The van der Waals surface area contributed by atoms with Gasteiger partial charge in [-0.25, -0.2) is 0 Å². The van der Waals surface area contributed by atoms with E-state index in [1.807, 2.05) is 6.92 Å². The van der Waals surface area contributed by atoms with Crippen LogP contribution in [-0.2, 0) is 0 Å². The summed E-state index contributed by atoms with van der Waals surface area (Å²) in [5.41, 5.74) is 0.238. The van der Waals surface area contributed by atoms with Crippen LogP contribution in [-0.4, -0.2) is 33.9 Å². The van der Waals surface area contributed by atoms with E-state index in [9.17, 15) is 9.90 Å². The fourth-order valence-corrected chi connectivity index (χ4v) is 1.21. The Morgan fingerprint density at radius 3 is 2.56 bits per heavy atom. The lowest BCUT2D eigenvalue weighted by molar-refractivity contribution is 0.0914. The number of hydrogen-bond acceptors (Lipinski definition) is 4. The molecule has 0 aliphatic heterocycles. The number of phenols is 2. The number of aromatic hydroxyl groups is 2. The molecule has 1 rings (SSSR count). The third-order valence-electron chi connectivity index (χ3n) is 2.29. The fraction of sp³-hybridized carbons (Fsp3) is 0.364. The Kier molecular flexibility index (Phi) is 4.13. The van der Waals surface area contributed by atoms with Crippen molar-refractivity contribution < 1.29 is 20.1 Å². The lowest BCUT2D eigenvalue weighted by Crippen LogP contribution is -2.36. The second-order valence-electron chi connectivity index (χ2n) is 3.46. The molecule has 0 fully saturated rings. The number of phenolic OH excluding ortho intramolecular Hbond substituents is 2. The first-order valence-electron chi connectivity index (χ1n) is 5.02. The minimum absolute atomic E-state index is 0.133. The number of rotatable bonds is 4. The maximum absolute atomic E-state index is 11.6. The maximum Gasteiger partial charge on any atom is 0.251 e. The van der Waals surface area contributed by atoms with Crippen LogP contribution in [0.1, 0.15) is 23.7 Å². The van der Waals surface area contributed by atoms with Crippen molar-refractivity contribution in [1.82, 2.24) is 5.32 Å². The number of carbonyl (C=O) groups is 1. The summed E-state index contributed by atoms with van der Waals surface area (Å²) < 4.78 is 0. The van der Waals surface area contributed by atoms with Gasteiger partial charge >= 0.3 is 0 Å². The summed E-state index contributed by atoms with van der Waals surface area (Å²) in [7, 11) is 0. The topological polar surface area (TPSA) is 89.8 Å². The molecule has 0 aliphatic carbocycles. The minimum Gasteiger partial charge on any atom is -0.504 e. The van der Waals surface area contributed by atoms with Gasteiger partial charge < -0.3 is 20.6 Å². The van der Waals surface area contributed by atoms with E-state index in [0.717, 1.165) is 0 Å². The van der Waals surface area contributed by atoms with Gasteiger partial charge in [-0.05, 0) is 24.6 Å². The van der Waals surface area contributed by atoms with Crippen molar-refractivity contribution in [1.29, 1.82) is 0 Å². The number of carbonyl (C=O) groups excluding carboxylic acids is 1. The standard InChI is InChI=1S/C11H15NO4/c1-2-8(6-13)12-11(16)7-3-4-9(14)10(15)5-7/h3-5,8,13-15H,2,6H2,1H3,(H,12,16). The van der Waals surface area contributed by atoms with Gasteiger partial charge in [0.2, 0.25) is 0 Å². The van der Waals surface area contributed by atoms with Gasteiger partial charge in [0.15, 0.2) is 11.5 Å². The second-order valence-corrected chi connectivity index (χ2v) is 3.46. The van der Waals surface area contributed by atoms with Gasteiger partial charge in [0.25, 0.3) is 5.91 Å². The molecule has 0 aromatic heterocycles. The maximum atomic E-state index is 11.6. The summed E-state index contributed by atoms with van der Waals surface area (Å²) in [4.78, 5) is 11.6. The average Bonchev–Trinajstić information content (AvgIpc) is 2.29. The summed E-state index contributed by atoms with van der Waals surface area (Å²) in [5, 5.41) is 29.8. The molecule has 0 saturated carbocycles. The molecule has 1 atom stereocenters. The normalized spacial score (nSPS) is 12.1. The van der Waals surface area contributed by atoms with Crippen LogP contribution in [0, 0.1) is 0 Å². The molecule has 0 radical (unpaired) electrons. The van der Waals surface area contributed by atoms with Gasteiger partial charge in [-0.3, -0.25) is 4.79 Å². The van der Waals surface area contributed by atoms with Crippen LogP contribution < -0.4 is 5.32 Å². The van der Waals surface area contributed by atoms with Crippen molar-refractivity contribution in [2.45, 2.75) is 19.4 Å². The van der Waals surface area contributed by atoms with Crippen molar-refractivity contribution in [2.75, 3.05) is 6.61 Å². The zero-order valence-corrected chi connectivity index (χ0v) is 8.97. The fourth-order valence-electron chi connectivity index (χ4n) is 1.21. The Balaban J connectivity index is 2.76. The van der Waals surface area contributed by atoms with Gasteiger partial charge in [0, 0.05) is 5.56 Å². The molecule has 5 nitrogen and oxygen atoms in total. The van der Waals surface area contributed by atoms with E-state index in [1.54, 1.807) is 0 Å². The summed E-state index contributed by atoms with van der Waals surface area (Å²) in [6.45, 7) is 1.71. The highest BCUT2D eigenvalue weighted by molar-refractivity contribution is 5.95. The molecule has 1 amide bonds. The first-order valence-corrected chi connectivity index (χ1v) is 5.02. The zero-order valence-electron chi connectivity index (χ0n) is 8.97. The molecule has 5 heteroatoms. The molecule has 0 heterocycles. The van der Waals surface area contributed by atoms with Crippen LogP contribution in [0.25, 0.3) is 0 Å². The summed E-state index contributed by atoms with van der Waals surface area (Å²) >= 11 is 0. The van der Waals surface area contributed by atoms with Crippen LogP contribution in [0.15, 0.2) is 18.2 Å². The molecule has 1 aromatic rings. The van der Waals surface area contributed by atoms with E-state index in [1.165, 1.54) is 18.2 Å². The number of aliphatic hydroxyl groups is 1. The molecule has 1 aromatic carbocycles. The first kappa shape index (κ1) is 12.3. The zero-order chi connectivity index (χ0) is 12.1. The van der Waals surface area contributed by atoms with Crippen LogP contribution in [0.5, 0.6) is 11.5 Å². The van der Waals surface area contributed by atoms with Crippen LogP contribution in [0.4, 0.5) is 0 Å². The number of nitrogens with one attached hydrogen (secondary N) is 1. The summed E-state index contributed by atoms with van der Waals surface area (Å²) in [6, 6.07) is 3.51. The minimum atomic E-state index is -0.392. The van der Waals surface area contributed by atoms with E-state index in [2.05, 4.69) is 5.32 Å². The average molecular weight is 225 g/mol. The molecule has 0 aliphatic rings. The SMILES string of the molecule is CCC(CO)NC(=O)c1ccc(O)c(O)c1. The molecule has 16 heavy (non-hydrogen) atoms. The predicted octanol–water partition coefficient (Wildman–Crippen LogP) is 0.599. The molecule has 0 spiro atoms.